The first-order valence-corrected chi connectivity index (χ1v) is 8.83. The van der Waals surface area contributed by atoms with Crippen molar-refractivity contribution in [2.24, 2.45) is 5.92 Å². The van der Waals surface area contributed by atoms with Crippen LogP contribution in [-0.2, 0) is 11.2 Å². The maximum atomic E-state index is 5.46. The molecule has 0 aromatic carbocycles. The Labute approximate surface area is 123 Å². The minimum atomic E-state index is 0.294. The van der Waals surface area contributed by atoms with Gasteiger partial charge in [-0.2, -0.15) is 16.1 Å². The summed E-state index contributed by atoms with van der Waals surface area (Å²) in [6.07, 6.45) is 5.37. The van der Waals surface area contributed by atoms with E-state index >= 15 is 0 Å². The van der Waals surface area contributed by atoms with Crippen molar-refractivity contribution in [3.05, 3.63) is 5.82 Å². The van der Waals surface area contributed by atoms with Gasteiger partial charge in [0.1, 0.15) is 5.82 Å². The molecule has 1 N–H and O–H groups in total. The third-order valence-electron chi connectivity index (χ3n) is 3.46. The smallest absolute Gasteiger partial charge is 0.202 e. The third kappa shape index (κ3) is 4.33. The Bertz CT molecular complexity index is 389. The van der Waals surface area contributed by atoms with Crippen LogP contribution in [-0.4, -0.2) is 40.1 Å². The summed E-state index contributed by atoms with van der Waals surface area (Å²) >= 11 is 3.42. The number of hydrogen-bond donors (Lipinski definition) is 1. The van der Waals surface area contributed by atoms with Crippen LogP contribution in [0.15, 0.2) is 0 Å². The van der Waals surface area contributed by atoms with Gasteiger partial charge in [0.05, 0.1) is 0 Å². The van der Waals surface area contributed by atoms with Crippen molar-refractivity contribution in [2.45, 2.75) is 37.9 Å². The van der Waals surface area contributed by atoms with Crippen LogP contribution >= 0.6 is 23.3 Å². The maximum Gasteiger partial charge on any atom is 0.202 e. The maximum absolute atomic E-state index is 5.46. The van der Waals surface area contributed by atoms with Gasteiger partial charge in [-0.15, -0.1) is 0 Å². The second-order valence-electron chi connectivity index (χ2n) is 5.47. The molecule has 19 heavy (non-hydrogen) atoms. The zero-order chi connectivity index (χ0) is 13.7. The largest absolute Gasteiger partial charge is 0.381 e. The highest BCUT2D eigenvalue weighted by molar-refractivity contribution is 8.00. The fourth-order valence-corrected chi connectivity index (χ4v) is 3.59. The SMILES string of the molecule is CSC1(CNc2nc(CC(C)C)ns2)CCOCC1. The minimum absolute atomic E-state index is 0.294. The highest BCUT2D eigenvalue weighted by atomic mass is 32.2. The third-order valence-corrected chi connectivity index (χ3v) is 5.59. The van der Waals surface area contributed by atoms with Crippen LogP contribution in [0.4, 0.5) is 5.13 Å². The summed E-state index contributed by atoms with van der Waals surface area (Å²) in [5.74, 6) is 1.57. The van der Waals surface area contributed by atoms with Crippen LogP contribution in [0.5, 0.6) is 0 Å². The molecule has 0 aliphatic carbocycles. The van der Waals surface area contributed by atoms with Gasteiger partial charge >= 0.3 is 0 Å². The number of hydrogen-bond acceptors (Lipinski definition) is 6. The number of aromatic nitrogens is 2. The zero-order valence-corrected chi connectivity index (χ0v) is 13.6. The van der Waals surface area contributed by atoms with Gasteiger partial charge in [-0.3, -0.25) is 0 Å². The standard InChI is InChI=1S/C13H23N3OS2/c1-10(2)8-11-15-12(19-16-11)14-9-13(18-3)4-6-17-7-5-13/h10H,4-9H2,1-3H3,(H,14,15,16). The molecular weight excluding hydrogens is 278 g/mol. The Balaban J connectivity index is 1.88. The van der Waals surface area contributed by atoms with Gasteiger partial charge < -0.3 is 10.1 Å². The molecule has 0 saturated carbocycles. The second kappa shape index (κ2) is 6.90. The van der Waals surface area contributed by atoms with Gasteiger partial charge in [0.15, 0.2) is 0 Å². The molecule has 1 aliphatic rings. The molecule has 0 unspecified atom stereocenters. The lowest BCUT2D eigenvalue weighted by atomic mass is 9.99. The Morgan fingerprint density at radius 1 is 1.42 bits per heavy atom. The average molecular weight is 301 g/mol. The van der Waals surface area contributed by atoms with Crippen LogP contribution in [0.3, 0.4) is 0 Å². The number of rotatable bonds is 6. The molecule has 1 aromatic rings. The van der Waals surface area contributed by atoms with Crippen LogP contribution < -0.4 is 5.32 Å². The summed E-state index contributed by atoms with van der Waals surface area (Å²) in [7, 11) is 0. The molecule has 1 aromatic heterocycles. The van der Waals surface area contributed by atoms with E-state index in [0.29, 0.717) is 10.7 Å². The highest BCUT2D eigenvalue weighted by Crippen LogP contribution is 2.34. The Kier molecular flexibility index (Phi) is 5.47. The van der Waals surface area contributed by atoms with E-state index < -0.39 is 0 Å². The van der Waals surface area contributed by atoms with Gasteiger partial charge in [0.25, 0.3) is 0 Å². The van der Waals surface area contributed by atoms with E-state index in [9.17, 15) is 0 Å². The summed E-state index contributed by atoms with van der Waals surface area (Å²) in [6.45, 7) is 7.08. The Morgan fingerprint density at radius 3 is 2.79 bits per heavy atom. The number of ether oxygens (including phenoxy) is 1. The number of nitrogens with zero attached hydrogens (tertiary/aromatic N) is 2. The molecule has 0 amide bonds. The van der Waals surface area contributed by atoms with E-state index in [4.69, 9.17) is 4.74 Å². The lowest BCUT2D eigenvalue weighted by Gasteiger charge is -2.35. The number of nitrogens with one attached hydrogen (secondary N) is 1. The predicted molar refractivity (Wildman–Crippen MR) is 83.2 cm³/mol. The molecule has 0 atom stereocenters. The average Bonchev–Trinajstić information content (AvgIpc) is 2.84. The second-order valence-corrected chi connectivity index (χ2v) is 7.49. The molecule has 6 heteroatoms. The Morgan fingerprint density at radius 2 is 2.16 bits per heavy atom. The summed E-state index contributed by atoms with van der Waals surface area (Å²) in [5, 5.41) is 4.42. The molecule has 2 rings (SSSR count). The van der Waals surface area contributed by atoms with E-state index in [1.807, 2.05) is 11.8 Å². The van der Waals surface area contributed by atoms with Crippen LogP contribution in [0.25, 0.3) is 0 Å². The van der Waals surface area contributed by atoms with Gasteiger partial charge in [0, 0.05) is 42.5 Å². The Hall–Kier alpha value is -0.330. The van der Waals surface area contributed by atoms with E-state index in [-0.39, 0.29) is 0 Å². The van der Waals surface area contributed by atoms with Crippen molar-refractivity contribution in [1.29, 1.82) is 0 Å². The van der Waals surface area contributed by atoms with E-state index in [2.05, 4.69) is 34.8 Å². The van der Waals surface area contributed by atoms with E-state index in [0.717, 1.165) is 50.0 Å². The van der Waals surface area contributed by atoms with Crippen molar-refractivity contribution in [3.63, 3.8) is 0 Å². The van der Waals surface area contributed by atoms with Crippen molar-refractivity contribution in [1.82, 2.24) is 9.36 Å². The molecule has 0 spiro atoms. The quantitative estimate of drug-likeness (QED) is 0.875. The lowest BCUT2D eigenvalue weighted by Crippen LogP contribution is -2.39. The van der Waals surface area contributed by atoms with Gasteiger partial charge in [-0.1, -0.05) is 13.8 Å². The van der Waals surface area contributed by atoms with Crippen molar-refractivity contribution < 1.29 is 4.74 Å². The van der Waals surface area contributed by atoms with Crippen LogP contribution in [0.2, 0.25) is 0 Å². The monoisotopic (exact) mass is 301 g/mol. The summed E-state index contributed by atoms with van der Waals surface area (Å²) < 4.78 is 10.2. The van der Waals surface area contributed by atoms with Gasteiger partial charge in [-0.05, 0) is 25.0 Å². The molecule has 1 fully saturated rings. The molecule has 0 radical (unpaired) electrons. The summed E-state index contributed by atoms with van der Waals surface area (Å²) in [5.41, 5.74) is 0. The van der Waals surface area contributed by atoms with E-state index in [1.54, 1.807) is 0 Å². The van der Waals surface area contributed by atoms with Gasteiger partial charge in [0.2, 0.25) is 5.13 Å². The van der Waals surface area contributed by atoms with E-state index in [1.165, 1.54) is 11.5 Å². The normalized spacial score (nSPS) is 18.7. The first kappa shape index (κ1) is 15.1. The molecule has 4 nitrogen and oxygen atoms in total. The summed E-state index contributed by atoms with van der Waals surface area (Å²) in [6, 6.07) is 0. The first-order valence-electron chi connectivity index (χ1n) is 6.83. The van der Waals surface area contributed by atoms with Crippen LogP contribution in [0.1, 0.15) is 32.5 Å². The van der Waals surface area contributed by atoms with Crippen molar-refractivity contribution in [2.75, 3.05) is 31.3 Å². The molecular formula is C13H23N3OS2. The minimum Gasteiger partial charge on any atom is -0.381 e. The van der Waals surface area contributed by atoms with Crippen molar-refractivity contribution in [3.8, 4) is 0 Å². The fourth-order valence-electron chi connectivity index (χ4n) is 2.21. The van der Waals surface area contributed by atoms with Crippen LogP contribution in [0, 0.1) is 5.92 Å². The molecule has 1 aliphatic heterocycles. The fraction of sp³-hybridized carbons (Fsp3) is 0.846. The molecule has 108 valence electrons. The number of thioether (sulfide) groups is 1. The highest BCUT2D eigenvalue weighted by Gasteiger charge is 2.31. The topological polar surface area (TPSA) is 47.0 Å². The first-order chi connectivity index (χ1) is 9.13. The molecule has 1 saturated heterocycles. The lowest BCUT2D eigenvalue weighted by molar-refractivity contribution is 0.0802. The molecule has 0 bridgehead atoms. The summed E-state index contributed by atoms with van der Waals surface area (Å²) in [4.78, 5) is 4.56. The van der Waals surface area contributed by atoms with Gasteiger partial charge in [-0.25, -0.2) is 4.98 Å². The number of anilines is 1. The predicted octanol–water partition coefficient (Wildman–Crippen LogP) is 3.06. The zero-order valence-electron chi connectivity index (χ0n) is 11.9. The molecule has 2 heterocycles. The van der Waals surface area contributed by atoms with Crippen molar-refractivity contribution >= 4 is 28.4 Å².